The van der Waals surface area contributed by atoms with Gasteiger partial charge in [0.1, 0.15) is 5.82 Å². The zero-order valence-electron chi connectivity index (χ0n) is 19.5. The Morgan fingerprint density at radius 3 is 1.44 bits per heavy atom. The molecule has 36 heavy (non-hydrogen) atoms. The summed E-state index contributed by atoms with van der Waals surface area (Å²) in [4.78, 5) is 0. The van der Waals surface area contributed by atoms with Crippen molar-refractivity contribution in [2.75, 3.05) is 5.32 Å². The van der Waals surface area contributed by atoms with Gasteiger partial charge in [0.05, 0.1) is 0 Å². The van der Waals surface area contributed by atoms with E-state index in [1.807, 2.05) is 30.3 Å². The lowest BCUT2D eigenvalue weighted by molar-refractivity contribution is 0.628. The van der Waals surface area contributed by atoms with Crippen molar-refractivity contribution >= 4 is 43.7 Å². The van der Waals surface area contributed by atoms with Gasteiger partial charge in [0.2, 0.25) is 0 Å². The Bertz CT molecular complexity index is 1840. The van der Waals surface area contributed by atoms with Gasteiger partial charge in [-0.05, 0) is 91.0 Å². The Hall–Kier alpha value is -4.69. The lowest BCUT2D eigenvalue weighted by Crippen LogP contribution is -1.91. The van der Waals surface area contributed by atoms with Crippen molar-refractivity contribution in [2.24, 2.45) is 0 Å². The molecule has 1 N–H and O–H groups in total. The smallest absolute Gasteiger partial charge is 0.123 e. The van der Waals surface area contributed by atoms with Gasteiger partial charge < -0.3 is 5.32 Å². The van der Waals surface area contributed by atoms with E-state index in [-0.39, 0.29) is 5.82 Å². The van der Waals surface area contributed by atoms with E-state index in [0.29, 0.717) is 0 Å². The summed E-state index contributed by atoms with van der Waals surface area (Å²) in [7, 11) is 0. The van der Waals surface area contributed by atoms with Crippen molar-refractivity contribution in [2.45, 2.75) is 0 Å². The second-order valence-corrected chi connectivity index (χ2v) is 9.22. The zero-order chi connectivity index (χ0) is 24.1. The molecule has 7 aromatic carbocycles. The van der Waals surface area contributed by atoms with E-state index in [0.717, 1.165) is 22.5 Å². The highest BCUT2D eigenvalue weighted by atomic mass is 19.1. The van der Waals surface area contributed by atoms with Crippen LogP contribution in [0.2, 0.25) is 0 Å². The average molecular weight is 464 g/mol. The molecule has 0 aromatic heterocycles. The summed E-state index contributed by atoms with van der Waals surface area (Å²) in [5.41, 5.74) is 6.69. The molecule has 0 saturated heterocycles. The average Bonchev–Trinajstić information content (AvgIpc) is 2.93. The van der Waals surface area contributed by atoms with Crippen molar-refractivity contribution in [3.8, 4) is 22.3 Å². The van der Waals surface area contributed by atoms with Crippen molar-refractivity contribution < 1.29 is 4.39 Å². The maximum absolute atomic E-state index is 13.6. The summed E-state index contributed by atoms with van der Waals surface area (Å²) < 4.78 is 13.6. The number of nitrogens with one attached hydrogen (secondary N) is 1. The number of halogens is 1. The SMILES string of the molecule is Fc1ccc(-c2ccc3ccc4c(-c5ccc(Nc6ccccc6)cc5)ccc5ccc2c3c54)cc1. The van der Waals surface area contributed by atoms with E-state index in [1.54, 1.807) is 0 Å². The Morgan fingerprint density at radius 2 is 0.889 bits per heavy atom. The lowest BCUT2D eigenvalue weighted by Gasteiger charge is -2.17. The highest BCUT2D eigenvalue weighted by Gasteiger charge is 2.14. The molecule has 0 amide bonds. The van der Waals surface area contributed by atoms with Crippen molar-refractivity contribution in [1.82, 2.24) is 0 Å². The van der Waals surface area contributed by atoms with Gasteiger partial charge in [0, 0.05) is 11.4 Å². The largest absolute Gasteiger partial charge is 0.356 e. The summed E-state index contributed by atoms with van der Waals surface area (Å²) in [5.74, 6) is -0.217. The fourth-order valence-corrected chi connectivity index (χ4v) is 5.36. The first-order valence-corrected chi connectivity index (χ1v) is 12.1. The molecular weight excluding hydrogens is 441 g/mol. The maximum atomic E-state index is 13.6. The minimum atomic E-state index is -0.217. The first kappa shape index (κ1) is 20.7. The van der Waals surface area contributed by atoms with Crippen LogP contribution >= 0.6 is 0 Å². The van der Waals surface area contributed by atoms with Gasteiger partial charge in [-0.15, -0.1) is 0 Å². The molecule has 1 nitrogen and oxygen atoms in total. The molecule has 0 atom stereocenters. The summed E-state index contributed by atoms with van der Waals surface area (Å²) in [6, 6.07) is 43.2. The Labute approximate surface area is 208 Å². The first-order chi connectivity index (χ1) is 17.7. The van der Waals surface area contributed by atoms with Gasteiger partial charge in [-0.1, -0.05) is 91.0 Å². The van der Waals surface area contributed by atoms with Gasteiger partial charge >= 0.3 is 0 Å². The van der Waals surface area contributed by atoms with Crippen molar-refractivity contribution in [1.29, 1.82) is 0 Å². The fraction of sp³-hybridized carbons (Fsp3) is 0. The summed E-state index contributed by atoms with van der Waals surface area (Å²) in [6.45, 7) is 0. The molecule has 0 radical (unpaired) electrons. The van der Waals surface area contributed by atoms with Gasteiger partial charge in [0.15, 0.2) is 0 Å². The van der Waals surface area contributed by atoms with E-state index in [1.165, 1.54) is 55.6 Å². The molecule has 0 heterocycles. The third-order valence-corrected chi connectivity index (χ3v) is 7.08. The molecule has 7 aromatic rings. The Kier molecular flexibility index (Phi) is 4.71. The van der Waals surface area contributed by atoms with Crippen LogP contribution in [0.3, 0.4) is 0 Å². The van der Waals surface area contributed by atoms with Crippen LogP contribution < -0.4 is 5.32 Å². The predicted molar refractivity (Wildman–Crippen MR) is 151 cm³/mol. The van der Waals surface area contributed by atoms with Gasteiger partial charge in [-0.3, -0.25) is 0 Å². The third kappa shape index (κ3) is 3.38. The number of para-hydroxylation sites is 1. The molecular formula is C34H22FN. The minimum absolute atomic E-state index is 0.217. The fourth-order valence-electron chi connectivity index (χ4n) is 5.36. The zero-order valence-corrected chi connectivity index (χ0v) is 19.5. The summed E-state index contributed by atoms with van der Waals surface area (Å²) >= 11 is 0. The molecule has 0 fully saturated rings. The van der Waals surface area contributed by atoms with Crippen LogP contribution in [-0.4, -0.2) is 0 Å². The van der Waals surface area contributed by atoms with Crippen LogP contribution in [0.4, 0.5) is 15.8 Å². The third-order valence-electron chi connectivity index (χ3n) is 7.08. The summed E-state index contributed by atoms with van der Waals surface area (Å²) in [5, 5.41) is 10.9. The standard InChI is InChI=1S/C34H22FN/c35-26-14-6-22(7-15-26)29-18-10-24-13-21-32-30(19-11-25-12-20-31(29)33(24)34(25)32)23-8-16-28(17-9-23)36-27-4-2-1-3-5-27/h1-21,36H. The van der Waals surface area contributed by atoms with Crippen LogP contribution in [0.5, 0.6) is 0 Å². The monoisotopic (exact) mass is 463 g/mol. The van der Waals surface area contributed by atoms with Gasteiger partial charge in [-0.2, -0.15) is 0 Å². The lowest BCUT2D eigenvalue weighted by atomic mass is 9.87. The highest BCUT2D eigenvalue weighted by Crippen LogP contribution is 2.42. The topological polar surface area (TPSA) is 12.0 Å². The highest BCUT2D eigenvalue weighted by molar-refractivity contribution is 6.27. The molecule has 0 bridgehead atoms. The van der Waals surface area contributed by atoms with E-state index >= 15 is 0 Å². The minimum Gasteiger partial charge on any atom is -0.356 e. The normalized spacial score (nSPS) is 11.5. The van der Waals surface area contributed by atoms with E-state index < -0.39 is 0 Å². The molecule has 0 saturated carbocycles. The molecule has 0 unspecified atom stereocenters. The van der Waals surface area contributed by atoms with Crippen molar-refractivity contribution in [3.63, 3.8) is 0 Å². The van der Waals surface area contributed by atoms with E-state index in [4.69, 9.17) is 0 Å². The van der Waals surface area contributed by atoms with Crippen LogP contribution in [0.15, 0.2) is 127 Å². The Balaban J connectivity index is 1.38. The maximum Gasteiger partial charge on any atom is 0.123 e. The number of benzene rings is 7. The van der Waals surface area contributed by atoms with Gasteiger partial charge in [0.25, 0.3) is 0 Å². The number of rotatable bonds is 4. The second-order valence-electron chi connectivity index (χ2n) is 9.22. The quantitative estimate of drug-likeness (QED) is 0.256. The number of hydrogen-bond donors (Lipinski definition) is 1. The molecule has 2 heteroatoms. The molecule has 0 spiro atoms. The molecule has 0 aliphatic heterocycles. The van der Waals surface area contributed by atoms with Crippen LogP contribution in [0.25, 0.3) is 54.6 Å². The molecule has 7 rings (SSSR count). The van der Waals surface area contributed by atoms with E-state index in [2.05, 4.69) is 90.2 Å². The first-order valence-electron chi connectivity index (χ1n) is 12.1. The van der Waals surface area contributed by atoms with Crippen LogP contribution in [0.1, 0.15) is 0 Å². The van der Waals surface area contributed by atoms with E-state index in [9.17, 15) is 4.39 Å². The predicted octanol–water partition coefficient (Wildman–Crippen LogP) is 9.80. The molecule has 0 aliphatic carbocycles. The van der Waals surface area contributed by atoms with Crippen LogP contribution in [-0.2, 0) is 0 Å². The molecule has 170 valence electrons. The van der Waals surface area contributed by atoms with Crippen LogP contribution in [0, 0.1) is 5.82 Å². The van der Waals surface area contributed by atoms with Crippen molar-refractivity contribution in [3.05, 3.63) is 133 Å². The Morgan fingerprint density at radius 1 is 0.417 bits per heavy atom. The molecule has 0 aliphatic rings. The summed E-state index contributed by atoms with van der Waals surface area (Å²) in [6.07, 6.45) is 0. The number of hydrogen-bond acceptors (Lipinski definition) is 1. The van der Waals surface area contributed by atoms with Gasteiger partial charge in [-0.25, -0.2) is 4.39 Å². The number of anilines is 2. The second kappa shape index (κ2) is 8.21.